The first-order chi connectivity index (χ1) is 9.22. The average Bonchev–Trinajstić information content (AvgIpc) is 2.44. The quantitative estimate of drug-likeness (QED) is 0.411. The Bertz CT molecular complexity index is 371. The zero-order chi connectivity index (χ0) is 14.1. The molecule has 0 heterocycles. The Hall–Kier alpha value is -1.13. The molecule has 0 spiro atoms. The second kappa shape index (κ2) is 8.88. The van der Waals surface area contributed by atoms with Crippen LogP contribution in [0.1, 0.15) is 44.6 Å². The molecule has 3 N–H and O–H groups in total. The number of nitrogens with one attached hydrogen (secondary N) is 1. The molecule has 0 radical (unpaired) electrons. The Morgan fingerprint density at radius 1 is 1.32 bits per heavy atom. The van der Waals surface area contributed by atoms with Gasteiger partial charge in [0.15, 0.2) is 11.6 Å². The van der Waals surface area contributed by atoms with Crippen LogP contribution in [-0.4, -0.2) is 13.2 Å². The van der Waals surface area contributed by atoms with Crippen molar-refractivity contribution >= 4 is 0 Å². The summed E-state index contributed by atoms with van der Waals surface area (Å²) in [6.07, 6.45) is 6.33. The topological polar surface area (TPSA) is 47.3 Å². The molecule has 1 aromatic carbocycles. The summed E-state index contributed by atoms with van der Waals surface area (Å²) in [7, 11) is 1.48. The third-order valence-corrected chi connectivity index (χ3v) is 3.37. The molecule has 4 heteroatoms. The second-order valence-corrected chi connectivity index (χ2v) is 4.85. The predicted molar refractivity (Wildman–Crippen MR) is 76.5 cm³/mol. The Balaban J connectivity index is 2.55. The minimum atomic E-state index is -0.279. The highest BCUT2D eigenvalue weighted by atomic mass is 19.1. The van der Waals surface area contributed by atoms with Crippen molar-refractivity contribution in [3.05, 3.63) is 29.6 Å². The van der Waals surface area contributed by atoms with Crippen LogP contribution in [0, 0.1) is 5.82 Å². The van der Waals surface area contributed by atoms with Gasteiger partial charge in [-0.2, -0.15) is 0 Å². The van der Waals surface area contributed by atoms with Gasteiger partial charge < -0.3 is 4.74 Å². The minimum Gasteiger partial charge on any atom is -0.494 e. The largest absolute Gasteiger partial charge is 0.494 e. The summed E-state index contributed by atoms with van der Waals surface area (Å²) in [6, 6.07) is 5.33. The van der Waals surface area contributed by atoms with Gasteiger partial charge in [-0.3, -0.25) is 11.3 Å². The van der Waals surface area contributed by atoms with Gasteiger partial charge >= 0.3 is 0 Å². The van der Waals surface area contributed by atoms with Gasteiger partial charge in [-0.05, 0) is 24.5 Å². The Morgan fingerprint density at radius 2 is 2.11 bits per heavy atom. The molecule has 0 saturated heterocycles. The zero-order valence-corrected chi connectivity index (χ0v) is 11.9. The molecule has 1 atom stereocenters. The summed E-state index contributed by atoms with van der Waals surface area (Å²) in [6.45, 7) is 2.18. The number of hydrogen-bond acceptors (Lipinski definition) is 3. The van der Waals surface area contributed by atoms with E-state index in [1.807, 2.05) is 6.07 Å². The van der Waals surface area contributed by atoms with Gasteiger partial charge in [0, 0.05) is 6.04 Å². The van der Waals surface area contributed by atoms with Crippen molar-refractivity contribution in [1.29, 1.82) is 0 Å². The first kappa shape index (κ1) is 15.9. The number of unbranched alkanes of at least 4 members (excludes halogenated alkanes) is 3. The summed E-state index contributed by atoms with van der Waals surface area (Å²) < 4.78 is 19.0. The van der Waals surface area contributed by atoms with Gasteiger partial charge in [0.05, 0.1) is 7.11 Å². The molecule has 3 nitrogen and oxygen atoms in total. The number of halogens is 1. The van der Waals surface area contributed by atoms with Crippen LogP contribution < -0.4 is 16.0 Å². The van der Waals surface area contributed by atoms with Crippen LogP contribution in [0.3, 0.4) is 0 Å². The van der Waals surface area contributed by atoms with Gasteiger partial charge in [-0.1, -0.05) is 44.7 Å². The molecule has 0 aliphatic heterocycles. The number of benzene rings is 1. The van der Waals surface area contributed by atoms with Crippen LogP contribution in [0.4, 0.5) is 4.39 Å². The van der Waals surface area contributed by atoms with Crippen molar-refractivity contribution in [2.24, 2.45) is 5.84 Å². The maximum Gasteiger partial charge on any atom is 0.168 e. The van der Waals surface area contributed by atoms with Crippen LogP contribution in [0.15, 0.2) is 18.2 Å². The summed E-state index contributed by atoms with van der Waals surface area (Å²) in [5, 5.41) is 0. The molecule has 108 valence electrons. The third-order valence-electron chi connectivity index (χ3n) is 3.37. The van der Waals surface area contributed by atoms with Crippen molar-refractivity contribution in [3.63, 3.8) is 0 Å². The standard InChI is InChI=1S/C15H25FN2O/c1-3-4-5-6-9-13(18-17)11-12-8-7-10-14(19-2)15(12)16/h7-8,10,13,18H,3-6,9,11,17H2,1-2H3. The highest BCUT2D eigenvalue weighted by Gasteiger charge is 2.13. The van der Waals surface area contributed by atoms with E-state index in [9.17, 15) is 4.39 Å². The monoisotopic (exact) mass is 268 g/mol. The molecule has 1 aromatic rings. The zero-order valence-electron chi connectivity index (χ0n) is 11.9. The smallest absolute Gasteiger partial charge is 0.168 e. The number of hydrogen-bond donors (Lipinski definition) is 2. The first-order valence-electron chi connectivity index (χ1n) is 7.00. The fraction of sp³-hybridized carbons (Fsp3) is 0.600. The van der Waals surface area contributed by atoms with Gasteiger partial charge in [0.25, 0.3) is 0 Å². The van der Waals surface area contributed by atoms with Crippen molar-refractivity contribution in [1.82, 2.24) is 5.43 Å². The minimum absolute atomic E-state index is 0.110. The van der Waals surface area contributed by atoms with E-state index in [2.05, 4.69) is 12.3 Å². The number of ether oxygens (including phenoxy) is 1. The van der Waals surface area contributed by atoms with Crippen LogP contribution in [-0.2, 0) is 6.42 Å². The second-order valence-electron chi connectivity index (χ2n) is 4.85. The van der Waals surface area contributed by atoms with E-state index >= 15 is 0 Å². The maximum absolute atomic E-state index is 14.0. The molecule has 0 saturated carbocycles. The van der Waals surface area contributed by atoms with Crippen molar-refractivity contribution in [3.8, 4) is 5.75 Å². The van der Waals surface area contributed by atoms with E-state index in [0.29, 0.717) is 17.7 Å². The van der Waals surface area contributed by atoms with Crippen LogP contribution in [0.2, 0.25) is 0 Å². The summed E-state index contributed by atoms with van der Waals surface area (Å²) in [4.78, 5) is 0. The van der Waals surface area contributed by atoms with E-state index in [4.69, 9.17) is 10.6 Å². The normalized spacial score (nSPS) is 12.4. The molecule has 1 unspecified atom stereocenters. The average molecular weight is 268 g/mol. The SMILES string of the molecule is CCCCCCC(Cc1cccc(OC)c1F)NN. The third kappa shape index (κ3) is 5.17. The Morgan fingerprint density at radius 3 is 2.74 bits per heavy atom. The lowest BCUT2D eigenvalue weighted by atomic mass is 10.00. The van der Waals surface area contributed by atoms with Crippen molar-refractivity contribution < 1.29 is 9.13 Å². The number of methoxy groups -OCH3 is 1. The van der Waals surface area contributed by atoms with Crippen LogP contribution in [0.25, 0.3) is 0 Å². The van der Waals surface area contributed by atoms with E-state index in [0.717, 1.165) is 12.8 Å². The summed E-state index contributed by atoms with van der Waals surface area (Å²) in [5.74, 6) is 5.56. The van der Waals surface area contributed by atoms with E-state index in [1.54, 1.807) is 12.1 Å². The fourth-order valence-corrected chi connectivity index (χ4v) is 2.20. The number of rotatable bonds is 9. The van der Waals surface area contributed by atoms with Crippen LogP contribution in [0.5, 0.6) is 5.75 Å². The lowest BCUT2D eigenvalue weighted by Crippen LogP contribution is -2.36. The maximum atomic E-state index is 14.0. The van der Waals surface area contributed by atoms with Gasteiger partial charge in [0.1, 0.15) is 0 Å². The van der Waals surface area contributed by atoms with Gasteiger partial charge in [0.2, 0.25) is 0 Å². The van der Waals surface area contributed by atoms with Crippen molar-refractivity contribution in [2.45, 2.75) is 51.5 Å². The first-order valence-corrected chi connectivity index (χ1v) is 7.00. The summed E-state index contributed by atoms with van der Waals surface area (Å²) in [5.41, 5.74) is 3.44. The van der Waals surface area contributed by atoms with Crippen LogP contribution >= 0.6 is 0 Å². The molecule has 0 aromatic heterocycles. The number of nitrogens with two attached hydrogens (primary N) is 1. The molecule has 19 heavy (non-hydrogen) atoms. The molecule has 0 aliphatic carbocycles. The number of hydrazine groups is 1. The van der Waals surface area contributed by atoms with Gasteiger partial charge in [-0.25, -0.2) is 4.39 Å². The molecule has 0 bridgehead atoms. The molecular weight excluding hydrogens is 243 g/mol. The molecule has 1 rings (SSSR count). The fourth-order valence-electron chi connectivity index (χ4n) is 2.20. The molecular formula is C15H25FN2O. The lowest BCUT2D eigenvalue weighted by molar-refractivity contribution is 0.381. The molecule has 0 aliphatic rings. The lowest BCUT2D eigenvalue weighted by Gasteiger charge is -2.17. The van der Waals surface area contributed by atoms with E-state index in [-0.39, 0.29) is 11.9 Å². The van der Waals surface area contributed by atoms with Crippen molar-refractivity contribution in [2.75, 3.05) is 7.11 Å². The highest BCUT2D eigenvalue weighted by molar-refractivity contribution is 5.31. The molecule has 0 amide bonds. The molecule has 0 fully saturated rings. The van der Waals surface area contributed by atoms with Gasteiger partial charge in [-0.15, -0.1) is 0 Å². The highest BCUT2D eigenvalue weighted by Crippen LogP contribution is 2.21. The van der Waals surface area contributed by atoms with E-state index in [1.165, 1.54) is 26.4 Å². The Labute approximate surface area is 115 Å². The predicted octanol–water partition coefficient (Wildman–Crippen LogP) is 3.18. The Kier molecular flexibility index (Phi) is 7.45. The van der Waals surface area contributed by atoms with E-state index < -0.39 is 0 Å². The summed E-state index contributed by atoms with van der Waals surface area (Å²) >= 11 is 0.